The third kappa shape index (κ3) is 6.04. The maximum absolute atomic E-state index is 15.0. The van der Waals surface area contributed by atoms with Gasteiger partial charge in [0.2, 0.25) is 15.9 Å². The number of sulfonamides is 1. The van der Waals surface area contributed by atoms with E-state index in [9.17, 15) is 17.6 Å². The second kappa shape index (κ2) is 11.6. The molecule has 5 rings (SSSR count). The summed E-state index contributed by atoms with van der Waals surface area (Å²) in [6, 6.07) is 7.36. The van der Waals surface area contributed by atoms with Crippen molar-refractivity contribution in [2.75, 3.05) is 38.0 Å². The standard InChI is InChI=1S/C27H35ClFN5O3S/c28-20-4-2-19(3-5-20)27(10-1-11-31-18-27)14-26(35)33-25-17-32-16-24(29)23(25)9-6-21-15-30-12-13-34(21)38(36,37)22-7-8-22/h2-5,16-17,21-22,30-31H,1,6-15,18H2,(H,33,35)/t21-,27?/m0/s1. The highest BCUT2D eigenvalue weighted by Gasteiger charge is 2.43. The van der Waals surface area contributed by atoms with E-state index in [1.807, 2.05) is 24.3 Å². The van der Waals surface area contributed by atoms with E-state index in [2.05, 4.69) is 20.9 Å². The van der Waals surface area contributed by atoms with E-state index < -0.39 is 15.8 Å². The van der Waals surface area contributed by atoms with E-state index in [1.165, 1.54) is 6.20 Å². The molecule has 0 radical (unpaired) electrons. The third-order valence-electron chi connectivity index (χ3n) is 8.00. The molecule has 1 aromatic heterocycles. The van der Waals surface area contributed by atoms with Crippen molar-refractivity contribution in [3.05, 3.63) is 58.6 Å². The van der Waals surface area contributed by atoms with Crippen molar-refractivity contribution in [1.29, 1.82) is 0 Å². The summed E-state index contributed by atoms with van der Waals surface area (Å²) in [4.78, 5) is 17.3. The van der Waals surface area contributed by atoms with Gasteiger partial charge in [0.25, 0.3) is 0 Å². The van der Waals surface area contributed by atoms with Gasteiger partial charge >= 0.3 is 0 Å². The van der Waals surface area contributed by atoms with Crippen LogP contribution in [0.2, 0.25) is 5.02 Å². The fourth-order valence-electron chi connectivity index (χ4n) is 5.79. The zero-order chi connectivity index (χ0) is 26.8. The van der Waals surface area contributed by atoms with Gasteiger partial charge in [0.15, 0.2) is 0 Å². The molecule has 1 unspecified atom stereocenters. The molecule has 11 heteroatoms. The molecule has 2 aromatic rings. The predicted molar refractivity (Wildman–Crippen MR) is 146 cm³/mol. The van der Waals surface area contributed by atoms with Gasteiger partial charge in [-0.1, -0.05) is 23.7 Å². The number of nitrogens with one attached hydrogen (secondary N) is 3. The highest BCUT2D eigenvalue weighted by atomic mass is 35.5. The number of piperazine rings is 1. The molecule has 3 heterocycles. The minimum atomic E-state index is -3.33. The Labute approximate surface area is 228 Å². The number of anilines is 1. The van der Waals surface area contributed by atoms with Crippen LogP contribution in [0.3, 0.4) is 0 Å². The van der Waals surface area contributed by atoms with Crippen LogP contribution in [-0.4, -0.2) is 67.6 Å². The van der Waals surface area contributed by atoms with Crippen LogP contribution in [0.4, 0.5) is 10.1 Å². The fourth-order valence-corrected chi connectivity index (χ4v) is 7.97. The van der Waals surface area contributed by atoms with Crippen LogP contribution in [-0.2, 0) is 26.7 Å². The number of amides is 1. The molecular formula is C27H35ClFN5O3S. The molecule has 3 fully saturated rings. The molecule has 3 N–H and O–H groups in total. The summed E-state index contributed by atoms with van der Waals surface area (Å²) in [7, 11) is -3.33. The lowest BCUT2D eigenvalue weighted by Crippen LogP contribution is -2.54. The molecule has 206 valence electrons. The maximum atomic E-state index is 15.0. The van der Waals surface area contributed by atoms with Crippen LogP contribution in [0.15, 0.2) is 36.7 Å². The van der Waals surface area contributed by atoms with Crippen molar-refractivity contribution < 1.29 is 17.6 Å². The first kappa shape index (κ1) is 27.5. The Kier molecular flexibility index (Phi) is 8.35. The van der Waals surface area contributed by atoms with E-state index in [0.29, 0.717) is 61.7 Å². The molecule has 2 atom stereocenters. The van der Waals surface area contributed by atoms with Crippen LogP contribution in [0, 0.1) is 5.82 Å². The highest BCUT2D eigenvalue weighted by molar-refractivity contribution is 7.90. The first-order chi connectivity index (χ1) is 18.3. The Morgan fingerprint density at radius 2 is 1.97 bits per heavy atom. The summed E-state index contributed by atoms with van der Waals surface area (Å²) in [6.45, 7) is 3.12. The second-order valence-corrected chi connectivity index (χ2v) is 13.3. The van der Waals surface area contributed by atoms with Crippen molar-refractivity contribution in [1.82, 2.24) is 19.9 Å². The van der Waals surface area contributed by atoms with Gasteiger partial charge in [-0.3, -0.25) is 9.78 Å². The number of carbonyl (C=O) groups is 1. The first-order valence-electron chi connectivity index (χ1n) is 13.4. The average molecular weight is 564 g/mol. The van der Waals surface area contributed by atoms with E-state index in [0.717, 1.165) is 31.1 Å². The highest BCUT2D eigenvalue weighted by Crippen LogP contribution is 2.36. The summed E-state index contributed by atoms with van der Waals surface area (Å²) in [6.07, 6.45) is 6.80. The average Bonchev–Trinajstić information content (AvgIpc) is 3.76. The van der Waals surface area contributed by atoms with Crippen LogP contribution in [0.5, 0.6) is 0 Å². The van der Waals surface area contributed by atoms with Gasteiger partial charge in [-0.15, -0.1) is 0 Å². The van der Waals surface area contributed by atoms with Crippen molar-refractivity contribution in [3.8, 4) is 0 Å². The molecule has 0 spiro atoms. The Bertz CT molecular complexity index is 1250. The fraction of sp³-hybridized carbons (Fsp3) is 0.556. The number of rotatable bonds is 9. The molecule has 2 aliphatic heterocycles. The lowest BCUT2D eigenvalue weighted by molar-refractivity contribution is -0.117. The monoisotopic (exact) mass is 563 g/mol. The Hall–Kier alpha value is -2.11. The lowest BCUT2D eigenvalue weighted by atomic mass is 9.72. The minimum Gasteiger partial charge on any atom is -0.324 e. The van der Waals surface area contributed by atoms with E-state index in [-0.39, 0.29) is 35.5 Å². The molecule has 2 saturated heterocycles. The zero-order valence-electron chi connectivity index (χ0n) is 21.4. The summed E-state index contributed by atoms with van der Waals surface area (Å²) in [5, 5.41) is 9.97. The SMILES string of the molecule is O=C(CC1(c2ccc(Cl)cc2)CCCNC1)Nc1cncc(F)c1CC[C@H]1CNCCN1S(=O)(=O)C1CC1. The van der Waals surface area contributed by atoms with E-state index in [4.69, 9.17) is 11.6 Å². The Morgan fingerprint density at radius 3 is 2.68 bits per heavy atom. The number of aromatic nitrogens is 1. The lowest BCUT2D eigenvalue weighted by Gasteiger charge is -2.38. The number of halogens is 2. The maximum Gasteiger partial charge on any atom is 0.225 e. The number of nitrogens with zero attached hydrogens (tertiary/aromatic N) is 2. The van der Waals surface area contributed by atoms with Crippen molar-refractivity contribution in [2.45, 2.75) is 61.7 Å². The van der Waals surface area contributed by atoms with Crippen LogP contribution >= 0.6 is 11.6 Å². The smallest absolute Gasteiger partial charge is 0.225 e. The van der Waals surface area contributed by atoms with Crippen LogP contribution in [0.25, 0.3) is 0 Å². The molecule has 1 aliphatic carbocycles. The minimum absolute atomic E-state index is 0.213. The zero-order valence-corrected chi connectivity index (χ0v) is 23.0. The van der Waals surface area contributed by atoms with Gasteiger partial charge in [-0.25, -0.2) is 12.8 Å². The van der Waals surface area contributed by atoms with Gasteiger partial charge in [-0.2, -0.15) is 4.31 Å². The van der Waals surface area contributed by atoms with Gasteiger partial charge in [0, 0.05) is 54.6 Å². The molecule has 0 bridgehead atoms. The number of pyridine rings is 1. The van der Waals surface area contributed by atoms with Crippen LogP contribution < -0.4 is 16.0 Å². The van der Waals surface area contributed by atoms with Gasteiger partial charge < -0.3 is 16.0 Å². The molecule has 1 aromatic carbocycles. The summed E-state index contributed by atoms with van der Waals surface area (Å²) in [5.41, 5.74) is 1.35. The number of piperidine rings is 1. The second-order valence-electron chi connectivity index (χ2n) is 10.7. The summed E-state index contributed by atoms with van der Waals surface area (Å²) >= 11 is 6.10. The summed E-state index contributed by atoms with van der Waals surface area (Å²) in [5.74, 6) is -0.718. The topological polar surface area (TPSA) is 103 Å². The van der Waals surface area contributed by atoms with Gasteiger partial charge in [0.1, 0.15) is 5.82 Å². The van der Waals surface area contributed by atoms with Crippen molar-refractivity contribution in [2.24, 2.45) is 0 Å². The van der Waals surface area contributed by atoms with Gasteiger partial charge in [0.05, 0.1) is 23.3 Å². The Balaban J connectivity index is 1.30. The normalized spacial score (nSPS) is 24.7. The number of benzene rings is 1. The molecular weight excluding hydrogens is 529 g/mol. The molecule has 1 amide bonds. The number of carbonyl (C=O) groups excluding carboxylic acids is 1. The molecule has 8 nitrogen and oxygen atoms in total. The quantitative estimate of drug-likeness (QED) is 0.433. The van der Waals surface area contributed by atoms with E-state index >= 15 is 0 Å². The molecule has 38 heavy (non-hydrogen) atoms. The number of hydrogen-bond acceptors (Lipinski definition) is 6. The summed E-state index contributed by atoms with van der Waals surface area (Å²) < 4.78 is 42.5. The van der Waals surface area contributed by atoms with Crippen molar-refractivity contribution in [3.63, 3.8) is 0 Å². The number of hydrogen-bond donors (Lipinski definition) is 3. The third-order valence-corrected chi connectivity index (χ3v) is 10.7. The van der Waals surface area contributed by atoms with Crippen LogP contribution in [0.1, 0.15) is 49.7 Å². The van der Waals surface area contributed by atoms with Gasteiger partial charge in [-0.05, 0) is 62.8 Å². The molecule has 3 aliphatic rings. The molecule has 1 saturated carbocycles. The van der Waals surface area contributed by atoms with Crippen molar-refractivity contribution >= 4 is 33.2 Å². The largest absolute Gasteiger partial charge is 0.324 e. The Morgan fingerprint density at radius 1 is 1.18 bits per heavy atom. The first-order valence-corrected chi connectivity index (χ1v) is 15.3. The van der Waals surface area contributed by atoms with E-state index in [1.54, 1.807) is 4.31 Å². The predicted octanol–water partition coefficient (Wildman–Crippen LogP) is 3.22.